The van der Waals surface area contributed by atoms with Crippen LogP contribution >= 0.6 is 11.3 Å². The van der Waals surface area contributed by atoms with E-state index in [1.54, 1.807) is 17.6 Å². The summed E-state index contributed by atoms with van der Waals surface area (Å²) in [6, 6.07) is 18.4. The van der Waals surface area contributed by atoms with Crippen molar-refractivity contribution in [2.45, 2.75) is 18.7 Å². The highest BCUT2D eigenvalue weighted by Gasteiger charge is 2.17. The fourth-order valence-corrected chi connectivity index (χ4v) is 4.86. The van der Waals surface area contributed by atoms with Gasteiger partial charge in [-0.1, -0.05) is 29.3 Å². The topological polar surface area (TPSA) is 42.9 Å². The Kier molecular flexibility index (Phi) is 5.20. The number of nitrogens with zero attached hydrogens (tertiary/aromatic N) is 2. The van der Waals surface area contributed by atoms with Crippen LogP contribution in [0, 0.1) is 13.8 Å². The van der Waals surface area contributed by atoms with Gasteiger partial charge in [-0.25, -0.2) is 4.98 Å². The normalized spacial score (nSPS) is 12.1. The highest BCUT2D eigenvalue weighted by molar-refractivity contribution is 7.84. The van der Waals surface area contributed by atoms with Gasteiger partial charge in [0.2, 0.25) is 0 Å². The lowest BCUT2D eigenvalue weighted by atomic mass is 10.0. The summed E-state index contributed by atoms with van der Waals surface area (Å²) in [5.41, 5.74) is 6.70. The lowest BCUT2D eigenvalue weighted by Crippen LogP contribution is -1.87. The Morgan fingerprint density at radius 2 is 1.46 bits per heavy atom. The van der Waals surface area contributed by atoms with Gasteiger partial charge in [0.1, 0.15) is 5.01 Å². The summed E-state index contributed by atoms with van der Waals surface area (Å²) in [6.07, 6.45) is 5.31. The van der Waals surface area contributed by atoms with Gasteiger partial charge in [-0.15, -0.1) is 11.3 Å². The molecule has 0 aliphatic heterocycles. The fraction of sp³-hybridized carbons (Fsp3) is 0.130. The highest BCUT2D eigenvalue weighted by Crippen LogP contribution is 2.40. The Morgan fingerprint density at radius 3 is 2.07 bits per heavy atom. The number of thiazole rings is 1. The van der Waals surface area contributed by atoms with Gasteiger partial charge < -0.3 is 0 Å². The first kappa shape index (κ1) is 18.7. The van der Waals surface area contributed by atoms with Crippen molar-refractivity contribution in [2.24, 2.45) is 0 Å². The Balaban J connectivity index is 1.88. The van der Waals surface area contributed by atoms with Crippen molar-refractivity contribution in [2.75, 3.05) is 6.26 Å². The Hall–Kier alpha value is -2.63. The first-order valence-corrected chi connectivity index (χ1v) is 11.3. The third-order valence-corrected chi connectivity index (χ3v) is 6.59. The molecule has 0 bridgehead atoms. The molecule has 0 saturated carbocycles. The average Bonchev–Trinajstić information content (AvgIpc) is 3.13. The second-order valence-corrected chi connectivity index (χ2v) is 9.17. The summed E-state index contributed by atoms with van der Waals surface area (Å²) < 4.78 is 11.7. The van der Waals surface area contributed by atoms with Crippen molar-refractivity contribution >= 4 is 22.1 Å². The van der Waals surface area contributed by atoms with Gasteiger partial charge in [0.05, 0.1) is 10.6 Å². The van der Waals surface area contributed by atoms with Gasteiger partial charge in [-0.3, -0.25) is 9.19 Å². The third kappa shape index (κ3) is 3.81. The number of hydrogen-bond acceptors (Lipinski definition) is 4. The van der Waals surface area contributed by atoms with Crippen molar-refractivity contribution in [3.63, 3.8) is 0 Å². The second-order valence-electron chi connectivity index (χ2n) is 6.79. The maximum atomic E-state index is 11.7. The molecule has 0 N–H and O–H groups in total. The summed E-state index contributed by atoms with van der Waals surface area (Å²) in [5.74, 6) is 0. The third-order valence-electron chi connectivity index (χ3n) is 4.50. The monoisotopic (exact) mass is 404 g/mol. The molecule has 0 aliphatic carbocycles. The molecule has 2 aromatic heterocycles. The van der Waals surface area contributed by atoms with Gasteiger partial charge in [0, 0.05) is 45.5 Å². The van der Waals surface area contributed by atoms with Crippen LogP contribution in [0.3, 0.4) is 0 Å². The molecule has 0 saturated heterocycles. The molecule has 4 rings (SSSR count). The van der Waals surface area contributed by atoms with Gasteiger partial charge in [-0.05, 0) is 55.8 Å². The number of benzene rings is 2. The summed E-state index contributed by atoms with van der Waals surface area (Å²) in [5, 5.41) is 0.953. The van der Waals surface area contributed by atoms with Gasteiger partial charge in [0.25, 0.3) is 0 Å². The largest absolute Gasteiger partial charge is 0.265 e. The quantitative estimate of drug-likeness (QED) is 0.426. The van der Waals surface area contributed by atoms with E-state index in [2.05, 4.69) is 37.0 Å². The maximum absolute atomic E-state index is 11.7. The first-order valence-electron chi connectivity index (χ1n) is 8.95. The van der Waals surface area contributed by atoms with E-state index in [0.717, 1.165) is 37.2 Å². The Labute approximate surface area is 171 Å². The molecule has 0 spiro atoms. The SMILES string of the molecule is Cc1cc(C)cc(-c2nc(-c3ccc(S(C)=O)cc3)sc2-c2ccncc2)c1. The lowest BCUT2D eigenvalue weighted by molar-refractivity contribution is 0.687. The van der Waals surface area contributed by atoms with Gasteiger partial charge in [-0.2, -0.15) is 0 Å². The highest BCUT2D eigenvalue weighted by atomic mass is 32.2. The second kappa shape index (κ2) is 7.78. The van der Waals surface area contributed by atoms with Crippen LogP contribution in [0.2, 0.25) is 0 Å². The van der Waals surface area contributed by atoms with Crippen LogP contribution in [0.25, 0.3) is 32.3 Å². The first-order chi connectivity index (χ1) is 13.5. The van der Waals surface area contributed by atoms with Crippen LogP contribution in [-0.2, 0) is 10.8 Å². The standard InChI is InChI=1S/C23H20N2OS2/c1-15-12-16(2)14-19(13-15)21-22(17-8-10-24-11-9-17)27-23(25-21)18-4-6-20(7-5-18)28(3)26/h4-14H,1-3H3. The van der Waals surface area contributed by atoms with E-state index in [1.165, 1.54) is 11.1 Å². The molecule has 28 heavy (non-hydrogen) atoms. The summed E-state index contributed by atoms with van der Waals surface area (Å²) >= 11 is 1.67. The molecule has 3 nitrogen and oxygen atoms in total. The number of rotatable bonds is 4. The molecule has 140 valence electrons. The summed E-state index contributed by atoms with van der Waals surface area (Å²) in [6.45, 7) is 4.22. The average molecular weight is 405 g/mol. The zero-order valence-corrected chi connectivity index (χ0v) is 17.6. The maximum Gasteiger partial charge on any atom is 0.124 e. The van der Waals surface area contributed by atoms with E-state index in [-0.39, 0.29) is 0 Å². The number of pyridine rings is 1. The molecule has 0 amide bonds. The minimum absolute atomic E-state index is 0.823. The molecular formula is C23H20N2OS2. The number of aryl methyl sites for hydroxylation is 2. The van der Waals surface area contributed by atoms with E-state index in [4.69, 9.17) is 4.98 Å². The Bertz CT molecular complexity index is 1130. The van der Waals surface area contributed by atoms with Crippen LogP contribution in [-0.4, -0.2) is 20.4 Å². The number of aromatic nitrogens is 2. The summed E-state index contributed by atoms with van der Waals surface area (Å²) in [7, 11) is -0.981. The van der Waals surface area contributed by atoms with Crippen molar-refractivity contribution in [3.05, 3.63) is 78.1 Å². The molecule has 0 radical (unpaired) electrons. The van der Waals surface area contributed by atoms with Crippen molar-refractivity contribution in [1.82, 2.24) is 9.97 Å². The zero-order chi connectivity index (χ0) is 19.7. The predicted molar refractivity (Wildman–Crippen MR) is 118 cm³/mol. The molecule has 1 unspecified atom stereocenters. The van der Waals surface area contributed by atoms with Crippen LogP contribution in [0.1, 0.15) is 11.1 Å². The zero-order valence-electron chi connectivity index (χ0n) is 16.0. The summed E-state index contributed by atoms with van der Waals surface area (Å²) in [4.78, 5) is 11.1. The minimum atomic E-state index is -0.981. The van der Waals surface area contributed by atoms with E-state index in [0.29, 0.717) is 0 Å². The van der Waals surface area contributed by atoms with Crippen molar-refractivity contribution < 1.29 is 4.21 Å². The van der Waals surface area contributed by atoms with Gasteiger partial charge in [0.15, 0.2) is 0 Å². The molecule has 2 heterocycles. The lowest BCUT2D eigenvalue weighted by Gasteiger charge is -2.05. The molecule has 0 fully saturated rings. The van der Waals surface area contributed by atoms with E-state index in [1.807, 2.05) is 48.8 Å². The van der Waals surface area contributed by atoms with Gasteiger partial charge >= 0.3 is 0 Å². The molecule has 0 aliphatic rings. The van der Waals surface area contributed by atoms with Crippen LogP contribution in [0.5, 0.6) is 0 Å². The van der Waals surface area contributed by atoms with E-state index in [9.17, 15) is 4.21 Å². The molecule has 1 atom stereocenters. The van der Waals surface area contributed by atoms with Crippen LogP contribution in [0.4, 0.5) is 0 Å². The molecular weight excluding hydrogens is 384 g/mol. The smallest absolute Gasteiger partial charge is 0.124 e. The van der Waals surface area contributed by atoms with Crippen molar-refractivity contribution in [3.8, 4) is 32.3 Å². The fourth-order valence-electron chi connectivity index (χ4n) is 3.24. The predicted octanol–water partition coefficient (Wildman–Crippen LogP) is 5.89. The van der Waals surface area contributed by atoms with Crippen LogP contribution in [0.15, 0.2) is 71.9 Å². The molecule has 2 aromatic carbocycles. The van der Waals surface area contributed by atoms with Crippen LogP contribution < -0.4 is 0 Å². The van der Waals surface area contributed by atoms with E-state index >= 15 is 0 Å². The Morgan fingerprint density at radius 1 is 0.821 bits per heavy atom. The molecule has 4 aromatic rings. The number of hydrogen-bond donors (Lipinski definition) is 0. The minimum Gasteiger partial charge on any atom is -0.265 e. The van der Waals surface area contributed by atoms with E-state index < -0.39 is 10.8 Å². The van der Waals surface area contributed by atoms with Crippen molar-refractivity contribution in [1.29, 1.82) is 0 Å². The molecule has 5 heteroatoms.